The van der Waals surface area contributed by atoms with Crippen molar-refractivity contribution in [3.05, 3.63) is 110 Å². The number of hydrogen-bond donors (Lipinski definition) is 11. The quantitative estimate of drug-likeness (QED) is 0.0723. The van der Waals surface area contributed by atoms with Crippen LogP contribution in [-0.4, -0.2) is 94.5 Å². The van der Waals surface area contributed by atoms with Gasteiger partial charge in [0.1, 0.15) is 46.7 Å². The number of carbonyl (C=O) groups excluding carboxylic acids is 2. The molecule has 0 aromatic heterocycles. The van der Waals surface area contributed by atoms with Gasteiger partial charge >= 0.3 is 11.9 Å². The number of benzene rings is 5. The Morgan fingerprint density at radius 2 is 1.00 bits per heavy atom. The zero-order chi connectivity index (χ0) is 46.8. The van der Waals surface area contributed by atoms with Crippen molar-refractivity contribution in [2.75, 3.05) is 14.2 Å². The molecule has 0 fully saturated rings. The highest BCUT2D eigenvalue weighted by molar-refractivity contribution is 5.95. The van der Waals surface area contributed by atoms with Crippen LogP contribution < -0.4 is 24.4 Å². The fourth-order valence-electron chi connectivity index (χ4n) is 7.83. The second-order valence-corrected chi connectivity index (χ2v) is 15.0. The van der Waals surface area contributed by atoms with E-state index in [0.717, 1.165) is 60.7 Å². The molecular weight excluding hydrogens is 860 g/mol. The summed E-state index contributed by atoms with van der Waals surface area (Å²) >= 11 is 0. The van der Waals surface area contributed by atoms with Gasteiger partial charge < -0.3 is 84.6 Å². The SMILES string of the molecule is COc1cc(C(=O)OC2Cc3c(O)cc(O)cc3OC2c2cc(O)c(O)c3c(=O)c(O)cc(C4Oc5cc(O)cc(O)c5CC4OC(=O)c4cc(O)c(O)c(O)c4)cc23)cc(OC)c1O. The van der Waals surface area contributed by atoms with Gasteiger partial charge in [-0.1, -0.05) is 0 Å². The number of aromatic hydroxyl groups is 11. The second kappa shape index (κ2) is 16.1. The number of esters is 2. The number of ether oxygens (including phenoxy) is 6. The molecule has 8 rings (SSSR count). The van der Waals surface area contributed by atoms with E-state index in [4.69, 9.17) is 28.4 Å². The topological polar surface area (TPSA) is 329 Å². The monoisotopic (exact) mass is 896 g/mol. The Morgan fingerprint density at radius 3 is 1.52 bits per heavy atom. The molecule has 0 saturated carbocycles. The third-order valence-corrected chi connectivity index (χ3v) is 10.9. The normalized spacial score (nSPS) is 17.4. The first-order chi connectivity index (χ1) is 30.9. The molecule has 336 valence electrons. The lowest BCUT2D eigenvalue weighted by molar-refractivity contribution is -0.0194. The summed E-state index contributed by atoms with van der Waals surface area (Å²) in [5.74, 6) is -10.8. The van der Waals surface area contributed by atoms with Crippen molar-refractivity contribution in [3.63, 3.8) is 0 Å². The molecule has 65 heavy (non-hydrogen) atoms. The number of phenols is 10. The molecule has 0 radical (unpaired) electrons. The van der Waals surface area contributed by atoms with Crippen molar-refractivity contribution in [1.29, 1.82) is 0 Å². The summed E-state index contributed by atoms with van der Waals surface area (Å²) in [6.07, 6.45) is -6.88. The van der Waals surface area contributed by atoms with Gasteiger partial charge in [0.15, 0.2) is 58.2 Å². The standard InChI is InChI=1S/C45H36O20/c1-60-33-7-18(8-34(61-2)41(33)57)45(59)65-36-15-24-26(49)10-20(47)12-32(24)63-43(36)22-13-30(53)40(56)37-21(22)3-16(4-29(52)39(37)55)42-35(14-23-25(48)9-19(46)11-31(23)62-42)64-44(58)17-5-27(50)38(54)28(51)6-17/h3-13,35-36,42-43,46-51,53-54,56-57H,14-15H2,1-2H3,(H,52,55). The molecular formula is C45H36O20. The third kappa shape index (κ3) is 7.62. The van der Waals surface area contributed by atoms with Gasteiger partial charge in [0.05, 0.1) is 30.7 Å². The summed E-state index contributed by atoms with van der Waals surface area (Å²) in [5.41, 5.74) is -2.22. The fraction of sp³-hybridized carbons (Fsp3) is 0.178. The molecule has 20 heteroatoms. The van der Waals surface area contributed by atoms with Crippen molar-refractivity contribution < 1.29 is 94.2 Å². The van der Waals surface area contributed by atoms with Crippen LogP contribution in [0.3, 0.4) is 0 Å². The van der Waals surface area contributed by atoms with Crippen LogP contribution in [0.4, 0.5) is 0 Å². The zero-order valence-corrected chi connectivity index (χ0v) is 33.7. The Hall–Kier alpha value is -8.81. The van der Waals surface area contributed by atoms with E-state index in [1.807, 2.05) is 0 Å². The fourth-order valence-corrected chi connectivity index (χ4v) is 7.83. The molecule has 6 aromatic carbocycles. The summed E-state index contributed by atoms with van der Waals surface area (Å²) in [6.45, 7) is 0. The lowest BCUT2D eigenvalue weighted by Crippen LogP contribution is -2.35. The first-order valence-electron chi connectivity index (χ1n) is 19.2. The molecule has 2 heterocycles. The average Bonchev–Trinajstić information content (AvgIpc) is 3.38. The van der Waals surface area contributed by atoms with Crippen LogP contribution in [0, 0.1) is 0 Å². The van der Waals surface area contributed by atoms with Gasteiger partial charge in [-0.15, -0.1) is 0 Å². The van der Waals surface area contributed by atoms with E-state index in [2.05, 4.69) is 0 Å². The largest absolute Gasteiger partial charge is 0.508 e. The molecule has 2 aliphatic rings. The molecule has 0 spiro atoms. The summed E-state index contributed by atoms with van der Waals surface area (Å²) in [6, 6.07) is 11.2. The number of rotatable bonds is 8. The Bertz CT molecular complexity index is 2990. The first-order valence-corrected chi connectivity index (χ1v) is 19.2. The minimum Gasteiger partial charge on any atom is -0.508 e. The van der Waals surface area contributed by atoms with E-state index in [1.54, 1.807) is 0 Å². The number of methoxy groups -OCH3 is 2. The highest BCUT2D eigenvalue weighted by Gasteiger charge is 2.41. The molecule has 11 N–H and O–H groups in total. The molecule has 20 nitrogen and oxygen atoms in total. The van der Waals surface area contributed by atoms with E-state index < -0.39 is 116 Å². The van der Waals surface area contributed by atoms with Crippen LogP contribution in [0.15, 0.2) is 71.5 Å². The van der Waals surface area contributed by atoms with E-state index >= 15 is 0 Å². The van der Waals surface area contributed by atoms with E-state index in [9.17, 15) is 70.6 Å². The second-order valence-electron chi connectivity index (χ2n) is 15.0. The lowest BCUT2D eigenvalue weighted by atomic mass is 9.89. The van der Waals surface area contributed by atoms with Crippen LogP contribution in [0.1, 0.15) is 55.2 Å². The summed E-state index contributed by atoms with van der Waals surface area (Å²) in [4.78, 5) is 41.6. The molecule has 4 atom stereocenters. The van der Waals surface area contributed by atoms with Gasteiger partial charge in [-0.2, -0.15) is 0 Å². The number of fused-ring (bicyclic) bond motifs is 3. The first kappa shape index (κ1) is 42.9. The van der Waals surface area contributed by atoms with Crippen molar-refractivity contribution in [1.82, 2.24) is 0 Å². The Kier molecular flexibility index (Phi) is 10.6. The van der Waals surface area contributed by atoms with Crippen LogP contribution >= 0.6 is 0 Å². The van der Waals surface area contributed by atoms with Gasteiger partial charge in [-0.25, -0.2) is 9.59 Å². The van der Waals surface area contributed by atoms with Crippen molar-refractivity contribution in [2.45, 2.75) is 37.3 Å². The summed E-state index contributed by atoms with van der Waals surface area (Å²) in [7, 11) is 2.46. The maximum Gasteiger partial charge on any atom is 0.338 e. The summed E-state index contributed by atoms with van der Waals surface area (Å²) < 4.78 is 34.6. The van der Waals surface area contributed by atoms with E-state index in [1.165, 1.54) is 20.3 Å². The van der Waals surface area contributed by atoms with Gasteiger partial charge in [-0.05, 0) is 47.9 Å². The molecule has 4 unspecified atom stereocenters. The third-order valence-electron chi connectivity index (χ3n) is 10.9. The van der Waals surface area contributed by atoms with Crippen molar-refractivity contribution in [2.24, 2.45) is 0 Å². The van der Waals surface area contributed by atoms with Crippen LogP contribution in [-0.2, 0) is 22.3 Å². The molecule has 6 aromatic rings. The smallest absolute Gasteiger partial charge is 0.338 e. The van der Waals surface area contributed by atoms with E-state index in [-0.39, 0.29) is 69.0 Å². The maximum atomic E-state index is 14.1. The Morgan fingerprint density at radius 1 is 0.523 bits per heavy atom. The van der Waals surface area contributed by atoms with Crippen LogP contribution in [0.2, 0.25) is 0 Å². The molecule has 0 bridgehead atoms. The Labute approximate surface area is 364 Å². The van der Waals surface area contributed by atoms with Gasteiger partial charge in [0, 0.05) is 59.4 Å². The predicted molar refractivity (Wildman–Crippen MR) is 220 cm³/mol. The number of hydrogen-bond acceptors (Lipinski definition) is 20. The van der Waals surface area contributed by atoms with Crippen LogP contribution in [0.5, 0.6) is 86.2 Å². The highest BCUT2D eigenvalue weighted by atomic mass is 16.6. The predicted octanol–water partition coefficient (Wildman–Crippen LogP) is 4.78. The molecule has 0 aliphatic carbocycles. The number of carbonyl (C=O) groups is 2. The van der Waals surface area contributed by atoms with Crippen molar-refractivity contribution in [3.8, 4) is 86.2 Å². The summed E-state index contributed by atoms with van der Waals surface area (Å²) in [5, 5.41) is 116. The van der Waals surface area contributed by atoms with Crippen molar-refractivity contribution >= 4 is 22.7 Å². The van der Waals surface area contributed by atoms with E-state index in [0.29, 0.717) is 0 Å². The lowest BCUT2D eigenvalue weighted by Gasteiger charge is -2.35. The van der Waals surface area contributed by atoms with Gasteiger partial charge in [-0.3, -0.25) is 4.79 Å². The highest BCUT2D eigenvalue weighted by Crippen LogP contribution is 2.49. The van der Waals surface area contributed by atoms with Gasteiger partial charge in [0.2, 0.25) is 11.2 Å². The minimum atomic E-state index is -1.59. The Balaban J connectivity index is 1.31. The minimum absolute atomic E-state index is 0.0321. The molecule has 0 amide bonds. The maximum absolute atomic E-state index is 14.1. The van der Waals surface area contributed by atoms with Gasteiger partial charge in [0.25, 0.3) is 0 Å². The average molecular weight is 897 g/mol. The number of phenolic OH excluding ortho intramolecular Hbond substituents is 10. The zero-order valence-electron chi connectivity index (χ0n) is 33.7. The van der Waals surface area contributed by atoms with Crippen LogP contribution in [0.25, 0.3) is 10.8 Å². The molecule has 2 aliphatic heterocycles. The molecule has 0 saturated heterocycles.